The Morgan fingerprint density at radius 3 is 2.47 bits per heavy atom. The predicted molar refractivity (Wildman–Crippen MR) is 72.9 cm³/mol. The van der Waals surface area contributed by atoms with Gasteiger partial charge < -0.3 is 10.4 Å². The van der Waals surface area contributed by atoms with Crippen molar-refractivity contribution >= 4 is 11.8 Å². The molecule has 0 spiro atoms. The molecule has 0 amide bonds. The van der Waals surface area contributed by atoms with Crippen molar-refractivity contribution in [3.05, 3.63) is 35.9 Å². The molecule has 0 fully saturated rings. The molecule has 1 aromatic carbocycles. The maximum Gasteiger partial charge on any atom is 0.305 e. The molecule has 0 saturated heterocycles. The molecule has 19 heavy (non-hydrogen) atoms. The number of hydrogen-bond donors (Lipinski definition) is 2. The Kier molecular flexibility index (Phi) is 6.18. The van der Waals surface area contributed by atoms with Crippen LogP contribution in [0, 0.1) is 0 Å². The van der Waals surface area contributed by atoms with Crippen molar-refractivity contribution in [3.8, 4) is 0 Å². The maximum absolute atomic E-state index is 11.9. The highest BCUT2D eigenvalue weighted by atomic mass is 16.4. The number of aliphatic carboxylic acids is 1. The maximum atomic E-state index is 11.9. The molecule has 1 rings (SSSR count). The molecule has 0 aliphatic heterocycles. The van der Waals surface area contributed by atoms with Gasteiger partial charge in [-0.2, -0.15) is 0 Å². The third kappa shape index (κ3) is 5.63. The summed E-state index contributed by atoms with van der Waals surface area (Å²) in [5, 5.41) is 11.5. The molecular formula is C14H20N2O3. The van der Waals surface area contributed by atoms with E-state index in [-0.39, 0.29) is 18.7 Å². The summed E-state index contributed by atoms with van der Waals surface area (Å²) >= 11 is 0. The number of Topliss-reactive ketones (excluding diaryl/α,β-unsaturated/α-hetero) is 1. The first kappa shape index (κ1) is 15.3. The van der Waals surface area contributed by atoms with E-state index >= 15 is 0 Å². The average Bonchev–Trinajstić information content (AvgIpc) is 2.36. The number of carbonyl (C=O) groups excluding carboxylic acids is 1. The van der Waals surface area contributed by atoms with E-state index in [4.69, 9.17) is 5.11 Å². The minimum Gasteiger partial charge on any atom is -0.481 e. The third-order valence-electron chi connectivity index (χ3n) is 2.84. The number of carboxylic acid groups (broad SMARTS) is 1. The molecule has 0 aliphatic rings. The van der Waals surface area contributed by atoms with Crippen molar-refractivity contribution < 1.29 is 14.7 Å². The molecule has 0 bridgehead atoms. The Labute approximate surface area is 113 Å². The zero-order valence-electron chi connectivity index (χ0n) is 11.3. The first-order valence-electron chi connectivity index (χ1n) is 6.17. The van der Waals surface area contributed by atoms with Crippen molar-refractivity contribution in [1.29, 1.82) is 0 Å². The van der Waals surface area contributed by atoms with Crippen LogP contribution < -0.4 is 5.32 Å². The van der Waals surface area contributed by atoms with Crippen LogP contribution in [0.3, 0.4) is 0 Å². The number of carbonyl (C=O) groups is 2. The van der Waals surface area contributed by atoms with Gasteiger partial charge in [-0.3, -0.25) is 14.5 Å². The average molecular weight is 264 g/mol. The lowest BCUT2D eigenvalue weighted by Crippen LogP contribution is -2.41. The van der Waals surface area contributed by atoms with Gasteiger partial charge in [-0.25, -0.2) is 0 Å². The summed E-state index contributed by atoms with van der Waals surface area (Å²) in [6.07, 6.45) is -0.186. The number of nitrogens with zero attached hydrogens (tertiary/aromatic N) is 1. The van der Waals surface area contributed by atoms with Gasteiger partial charge in [-0.1, -0.05) is 30.3 Å². The fourth-order valence-corrected chi connectivity index (χ4v) is 1.88. The monoisotopic (exact) mass is 264 g/mol. The number of likely N-dealkylation sites (N-methyl/N-ethyl adjacent to an activating group) is 2. The minimum atomic E-state index is -0.974. The van der Waals surface area contributed by atoms with Crippen LogP contribution in [0.4, 0.5) is 0 Å². The zero-order valence-corrected chi connectivity index (χ0v) is 11.3. The summed E-state index contributed by atoms with van der Waals surface area (Å²) in [7, 11) is 3.45. The van der Waals surface area contributed by atoms with Crippen LogP contribution in [0.2, 0.25) is 0 Å². The SMILES string of the molecule is CN[C@@H](CC(=O)O)C(=O)CN(C)Cc1ccccc1. The van der Waals surface area contributed by atoms with Gasteiger partial charge in [-0.05, 0) is 19.7 Å². The third-order valence-corrected chi connectivity index (χ3v) is 2.84. The molecule has 5 heteroatoms. The van der Waals surface area contributed by atoms with E-state index in [2.05, 4.69) is 5.32 Å². The number of ketones is 1. The molecule has 104 valence electrons. The fraction of sp³-hybridized carbons (Fsp3) is 0.429. The molecular weight excluding hydrogens is 244 g/mol. The fourth-order valence-electron chi connectivity index (χ4n) is 1.88. The van der Waals surface area contributed by atoms with Crippen molar-refractivity contribution in [3.63, 3.8) is 0 Å². The van der Waals surface area contributed by atoms with Crippen molar-refractivity contribution in [2.75, 3.05) is 20.6 Å². The van der Waals surface area contributed by atoms with Crippen LogP contribution in [-0.4, -0.2) is 48.4 Å². The highest BCUT2D eigenvalue weighted by Crippen LogP contribution is 2.03. The van der Waals surface area contributed by atoms with Gasteiger partial charge in [-0.15, -0.1) is 0 Å². The van der Waals surface area contributed by atoms with E-state index in [0.29, 0.717) is 6.54 Å². The summed E-state index contributed by atoms with van der Waals surface area (Å²) in [5.74, 6) is -1.08. The van der Waals surface area contributed by atoms with Crippen LogP contribution >= 0.6 is 0 Å². The predicted octanol–water partition coefficient (Wildman–Crippen LogP) is 0.750. The molecule has 0 saturated carbocycles. The van der Waals surface area contributed by atoms with Gasteiger partial charge >= 0.3 is 5.97 Å². The summed E-state index contributed by atoms with van der Waals surface area (Å²) in [5.41, 5.74) is 1.12. The second-order valence-corrected chi connectivity index (χ2v) is 4.56. The Bertz CT molecular complexity index is 420. The first-order valence-corrected chi connectivity index (χ1v) is 6.17. The highest BCUT2D eigenvalue weighted by molar-refractivity contribution is 5.89. The first-order chi connectivity index (χ1) is 9.02. The Morgan fingerprint density at radius 2 is 1.95 bits per heavy atom. The van der Waals surface area contributed by atoms with Crippen LogP contribution in [0.5, 0.6) is 0 Å². The van der Waals surface area contributed by atoms with E-state index < -0.39 is 12.0 Å². The van der Waals surface area contributed by atoms with Gasteiger partial charge in [0.15, 0.2) is 5.78 Å². The Morgan fingerprint density at radius 1 is 1.32 bits per heavy atom. The van der Waals surface area contributed by atoms with E-state index in [1.165, 1.54) is 0 Å². The molecule has 0 aromatic heterocycles. The van der Waals surface area contributed by atoms with Crippen LogP contribution in [-0.2, 0) is 16.1 Å². The second-order valence-electron chi connectivity index (χ2n) is 4.56. The smallest absolute Gasteiger partial charge is 0.305 e. The minimum absolute atomic E-state index is 0.108. The van der Waals surface area contributed by atoms with Gasteiger partial charge in [0.1, 0.15) is 0 Å². The number of benzene rings is 1. The summed E-state index contributed by atoms with van der Waals surface area (Å²) in [4.78, 5) is 24.5. The van der Waals surface area contributed by atoms with Gasteiger partial charge in [0, 0.05) is 6.54 Å². The standard InChI is InChI=1S/C14H20N2O3/c1-15-12(8-14(18)19)13(17)10-16(2)9-11-6-4-3-5-7-11/h3-7,12,15H,8-10H2,1-2H3,(H,18,19)/t12-/m0/s1. The number of rotatable bonds is 8. The summed E-state index contributed by atoms with van der Waals surface area (Å²) < 4.78 is 0. The van der Waals surface area contributed by atoms with Gasteiger partial charge in [0.25, 0.3) is 0 Å². The second kappa shape index (κ2) is 7.66. The number of carboxylic acids is 1. The van der Waals surface area contributed by atoms with E-state index in [0.717, 1.165) is 5.56 Å². The van der Waals surface area contributed by atoms with Crippen molar-refractivity contribution in [2.45, 2.75) is 19.0 Å². The summed E-state index contributed by atoms with van der Waals surface area (Å²) in [6, 6.07) is 9.20. The largest absolute Gasteiger partial charge is 0.481 e. The number of hydrogen-bond acceptors (Lipinski definition) is 4. The Balaban J connectivity index is 2.49. The van der Waals surface area contributed by atoms with Crippen molar-refractivity contribution in [1.82, 2.24) is 10.2 Å². The lowest BCUT2D eigenvalue weighted by Gasteiger charge is -2.19. The lowest BCUT2D eigenvalue weighted by molar-refractivity contribution is -0.139. The normalized spacial score (nSPS) is 12.4. The van der Waals surface area contributed by atoms with E-state index in [9.17, 15) is 9.59 Å². The van der Waals surface area contributed by atoms with Gasteiger partial charge in [0.2, 0.25) is 0 Å². The molecule has 2 N–H and O–H groups in total. The topological polar surface area (TPSA) is 69.6 Å². The van der Waals surface area contributed by atoms with Crippen LogP contribution in [0.1, 0.15) is 12.0 Å². The van der Waals surface area contributed by atoms with Crippen LogP contribution in [0.15, 0.2) is 30.3 Å². The van der Waals surface area contributed by atoms with Crippen LogP contribution in [0.25, 0.3) is 0 Å². The van der Waals surface area contributed by atoms with Crippen molar-refractivity contribution in [2.24, 2.45) is 0 Å². The lowest BCUT2D eigenvalue weighted by atomic mass is 10.1. The highest BCUT2D eigenvalue weighted by Gasteiger charge is 2.20. The van der Waals surface area contributed by atoms with E-state index in [1.54, 1.807) is 7.05 Å². The van der Waals surface area contributed by atoms with E-state index in [1.807, 2.05) is 42.3 Å². The molecule has 0 radical (unpaired) electrons. The molecule has 1 atom stereocenters. The quantitative estimate of drug-likeness (QED) is 0.725. The summed E-state index contributed by atoms with van der Waals surface area (Å²) in [6.45, 7) is 0.893. The molecule has 0 aliphatic carbocycles. The zero-order chi connectivity index (χ0) is 14.3. The molecule has 5 nitrogen and oxygen atoms in total. The number of nitrogens with one attached hydrogen (secondary N) is 1. The Hall–Kier alpha value is -1.72. The van der Waals surface area contributed by atoms with Gasteiger partial charge in [0.05, 0.1) is 19.0 Å². The molecule has 1 aromatic rings. The molecule has 0 heterocycles. The molecule has 0 unspecified atom stereocenters.